The van der Waals surface area contributed by atoms with Crippen molar-refractivity contribution in [1.29, 1.82) is 0 Å². The standard InChI is InChI=1S/C20H14BrF4N3O2/c21-14-6-3-12(15(22)9-14)10-28-16(7-8-17(28)29)19-26-18(27-30-19)11-1-4-13(5-2-11)20(23,24)25/h1-6,9,16H,7-8,10H2. The maximum Gasteiger partial charge on any atom is 0.416 e. The van der Waals surface area contributed by atoms with Crippen LogP contribution in [0.15, 0.2) is 51.5 Å². The first kappa shape index (κ1) is 20.5. The van der Waals surface area contributed by atoms with Crippen LogP contribution in [0.1, 0.15) is 35.9 Å². The van der Waals surface area contributed by atoms with Gasteiger partial charge in [-0.2, -0.15) is 18.2 Å². The Morgan fingerprint density at radius 2 is 1.90 bits per heavy atom. The van der Waals surface area contributed by atoms with Gasteiger partial charge < -0.3 is 9.42 Å². The third-order valence-corrected chi connectivity index (χ3v) is 5.37. The highest BCUT2D eigenvalue weighted by Gasteiger charge is 2.36. The fourth-order valence-electron chi connectivity index (χ4n) is 3.32. The molecule has 1 amide bonds. The van der Waals surface area contributed by atoms with Crippen molar-refractivity contribution in [2.75, 3.05) is 0 Å². The zero-order chi connectivity index (χ0) is 21.5. The summed E-state index contributed by atoms with van der Waals surface area (Å²) in [7, 11) is 0. The molecule has 1 atom stereocenters. The molecule has 0 aliphatic carbocycles. The molecule has 1 saturated heterocycles. The van der Waals surface area contributed by atoms with E-state index in [4.69, 9.17) is 4.52 Å². The van der Waals surface area contributed by atoms with Crippen molar-refractivity contribution >= 4 is 21.8 Å². The van der Waals surface area contributed by atoms with Gasteiger partial charge in [0.05, 0.1) is 5.56 Å². The van der Waals surface area contributed by atoms with Crippen LogP contribution >= 0.6 is 15.9 Å². The molecule has 1 aromatic heterocycles. The van der Waals surface area contributed by atoms with Gasteiger partial charge in [0, 0.05) is 28.6 Å². The van der Waals surface area contributed by atoms with Crippen LogP contribution in [0.2, 0.25) is 0 Å². The van der Waals surface area contributed by atoms with Crippen LogP contribution in [-0.4, -0.2) is 20.9 Å². The van der Waals surface area contributed by atoms with Crippen molar-refractivity contribution in [3.05, 3.63) is 69.8 Å². The van der Waals surface area contributed by atoms with Crippen LogP contribution in [0.25, 0.3) is 11.4 Å². The lowest BCUT2D eigenvalue weighted by Crippen LogP contribution is -2.27. The number of benzene rings is 2. The smallest absolute Gasteiger partial charge is 0.337 e. The molecule has 10 heteroatoms. The van der Waals surface area contributed by atoms with E-state index in [0.717, 1.165) is 12.1 Å². The fraction of sp³-hybridized carbons (Fsp3) is 0.250. The second-order valence-electron chi connectivity index (χ2n) is 6.84. The predicted molar refractivity (Wildman–Crippen MR) is 101 cm³/mol. The van der Waals surface area contributed by atoms with E-state index in [1.807, 2.05) is 0 Å². The van der Waals surface area contributed by atoms with E-state index in [1.165, 1.54) is 23.1 Å². The van der Waals surface area contributed by atoms with E-state index < -0.39 is 23.6 Å². The van der Waals surface area contributed by atoms with Crippen molar-refractivity contribution in [2.45, 2.75) is 31.6 Å². The third-order valence-electron chi connectivity index (χ3n) is 4.88. The highest BCUT2D eigenvalue weighted by molar-refractivity contribution is 9.10. The van der Waals surface area contributed by atoms with Crippen LogP contribution in [0.3, 0.4) is 0 Å². The molecule has 1 aliphatic rings. The molecule has 0 radical (unpaired) electrons. The molecule has 4 rings (SSSR count). The Bertz CT molecular complexity index is 1080. The Hall–Kier alpha value is -2.75. The topological polar surface area (TPSA) is 59.2 Å². The van der Waals surface area contributed by atoms with Gasteiger partial charge in [-0.15, -0.1) is 0 Å². The minimum absolute atomic E-state index is 0.0423. The van der Waals surface area contributed by atoms with Gasteiger partial charge in [-0.25, -0.2) is 4.39 Å². The Balaban J connectivity index is 1.56. The van der Waals surface area contributed by atoms with Crippen molar-refractivity contribution in [1.82, 2.24) is 15.0 Å². The first-order valence-corrected chi connectivity index (χ1v) is 9.76. The maximum atomic E-state index is 14.2. The van der Waals surface area contributed by atoms with E-state index in [2.05, 4.69) is 26.1 Å². The number of alkyl halides is 3. The zero-order valence-electron chi connectivity index (χ0n) is 15.3. The van der Waals surface area contributed by atoms with Gasteiger partial charge in [0.2, 0.25) is 17.6 Å². The lowest BCUT2D eigenvalue weighted by Gasteiger charge is -2.22. The van der Waals surface area contributed by atoms with Crippen LogP contribution in [0.5, 0.6) is 0 Å². The van der Waals surface area contributed by atoms with E-state index in [9.17, 15) is 22.4 Å². The van der Waals surface area contributed by atoms with Gasteiger partial charge in [0.15, 0.2) is 0 Å². The Morgan fingerprint density at radius 3 is 2.57 bits per heavy atom. The van der Waals surface area contributed by atoms with Crippen molar-refractivity contribution < 1.29 is 26.9 Å². The number of hydrogen-bond acceptors (Lipinski definition) is 4. The van der Waals surface area contributed by atoms with Gasteiger partial charge in [-0.1, -0.05) is 39.3 Å². The molecule has 1 unspecified atom stereocenters. The summed E-state index contributed by atoms with van der Waals surface area (Å²) in [4.78, 5) is 18.1. The SMILES string of the molecule is O=C1CCC(c2nc(-c3ccc(C(F)(F)F)cc3)no2)N1Cc1ccc(Br)cc1F. The molecule has 0 saturated carbocycles. The molecule has 0 N–H and O–H groups in total. The minimum Gasteiger partial charge on any atom is -0.337 e. The number of halogens is 5. The summed E-state index contributed by atoms with van der Waals surface area (Å²) in [5.41, 5.74) is -0.0761. The number of carbonyl (C=O) groups excluding carboxylic acids is 1. The number of likely N-dealkylation sites (tertiary alicyclic amines) is 1. The second kappa shape index (κ2) is 7.82. The molecule has 3 aromatic rings. The largest absolute Gasteiger partial charge is 0.416 e. The van der Waals surface area contributed by atoms with E-state index in [1.54, 1.807) is 12.1 Å². The number of amides is 1. The molecule has 1 aliphatic heterocycles. The maximum absolute atomic E-state index is 14.2. The first-order chi connectivity index (χ1) is 14.2. The second-order valence-corrected chi connectivity index (χ2v) is 7.76. The highest BCUT2D eigenvalue weighted by atomic mass is 79.9. The molecular formula is C20H14BrF4N3O2. The molecular weight excluding hydrogens is 470 g/mol. The van der Waals surface area contributed by atoms with Crippen molar-refractivity contribution in [2.24, 2.45) is 0 Å². The van der Waals surface area contributed by atoms with Crippen molar-refractivity contribution in [3.63, 3.8) is 0 Å². The minimum atomic E-state index is -4.44. The quantitative estimate of drug-likeness (QED) is 0.458. The van der Waals surface area contributed by atoms with Gasteiger partial charge in [0.25, 0.3) is 0 Å². The summed E-state index contributed by atoms with van der Waals surface area (Å²) < 4.78 is 58.2. The summed E-state index contributed by atoms with van der Waals surface area (Å²) >= 11 is 3.19. The fourth-order valence-corrected chi connectivity index (χ4v) is 3.65. The lowest BCUT2D eigenvalue weighted by molar-refractivity contribution is -0.137. The van der Waals surface area contributed by atoms with Crippen LogP contribution in [0, 0.1) is 5.82 Å². The number of carbonyl (C=O) groups is 1. The van der Waals surface area contributed by atoms with Crippen LogP contribution in [0.4, 0.5) is 17.6 Å². The summed E-state index contributed by atoms with van der Waals surface area (Å²) in [6.07, 6.45) is -3.76. The Kier molecular flexibility index (Phi) is 5.35. The molecule has 5 nitrogen and oxygen atoms in total. The van der Waals surface area contributed by atoms with Crippen LogP contribution in [-0.2, 0) is 17.5 Å². The van der Waals surface area contributed by atoms with Crippen molar-refractivity contribution in [3.8, 4) is 11.4 Å². The van der Waals surface area contributed by atoms with Crippen LogP contribution < -0.4 is 0 Å². The van der Waals surface area contributed by atoms with Gasteiger partial charge >= 0.3 is 6.18 Å². The summed E-state index contributed by atoms with van der Waals surface area (Å²) in [5.74, 6) is -0.337. The Labute approximate surface area is 176 Å². The Morgan fingerprint density at radius 1 is 1.17 bits per heavy atom. The molecule has 0 bridgehead atoms. The molecule has 30 heavy (non-hydrogen) atoms. The van der Waals surface area contributed by atoms with E-state index in [-0.39, 0.29) is 30.6 Å². The molecule has 2 heterocycles. The van der Waals surface area contributed by atoms with Gasteiger partial charge in [0.1, 0.15) is 11.9 Å². The molecule has 2 aromatic carbocycles. The predicted octanol–water partition coefficient (Wildman–Crippen LogP) is 5.52. The lowest BCUT2D eigenvalue weighted by atomic mass is 10.1. The third kappa shape index (κ3) is 4.09. The number of nitrogens with zero attached hydrogens (tertiary/aromatic N) is 3. The monoisotopic (exact) mass is 483 g/mol. The molecule has 156 valence electrons. The average Bonchev–Trinajstić information content (AvgIpc) is 3.31. The molecule has 0 spiro atoms. The molecule has 1 fully saturated rings. The normalized spacial score (nSPS) is 17.0. The van der Waals surface area contributed by atoms with E-state index >= 15 is 0 Å². The van der Waals surface area contributed by atoms with E-state index in [0.29, 0.717) is 22.0 Å². The highest BCUT2D eigenvalue weighted by Crippen LogP contribution is 2.35. The first-order valence-electron chi connectivity index (χ1n) is 8.97. The summed E-state index contributed by atoms with van der Waals surface area (Å²) in [6.45, 7) is 0.0423. The summed E-state index contributed by atoms with van der Waals surface area (Å²) in [6, 6.07) is 8.45. The summed E-state index contributed by atoms with van der Waals surface area (Å²) in [5, 5.41) is 3.83. The zero-order valence-corrected chi connectivity index (χ0v) is 16.9. The average molecular weight is 484 g/mol. The van der Waals surface area contributed by atoms with Gasteiger partial charge in [-0.05, 0) is 30.7 Å². The number of aromatic nitrogens is 2. The number of hydrogen-bond donors (Lipinski definition) is 0. The van der Waals surface area contributed by atoms with Gasteiger partial charge in [-0.3, -0.25) is 4.79 Å². The number of rotatable bonds is 4.